The van der Waals surface area contributed by atoms with E-state index in [0.29, 0.717) is 17.1 Å². The Bertz CT molecular complexity index is 406. The number of unbranched alkanes of at least 4 members (excludes halogenated alkanes) is 1. The van der Waals surface area contributed by atoms with Crippen LogP contribution >= 0.6 is 12.2 Å². The minimum absolute atomic E-state index is 0.0474. The number of Topliss-reactive ketones (excluding diaryl/α,β-unsaturated/α-hetero) is 1. The molecule has 0 amide bonds. The standard InChI is InChI=1S/C13H17FN2OS/c1-15-13(18)16-9-3-2-4-12(17)10-5-7-11(14)8-6-10/h5-8H,2-4,9H2,1H3,(H2,15,16,18). The maximum absolute atomic E-state index is 12.7. The van der Waals surface area contributed by atoms with E-state index in [4.69, 9.17) is 12.2 Å². The molecule has 0 atom stereocenters. The van der Waals surface area contributed by atoms with Gasteiger partial charge in [-0.05, 0) is 49.3 Å². The van der Waals surface area contributed by atoms with Gasteiger partial charge in [-0.15, -0.1) is 0 Å². The molecule has 0 aliphatic heterocycles. The van der Waals surface area contributed by atoms with Gasteiger partial charge in [0.1, 0.15) is 5.82 Å². The van der Waals surface area contributed by atoms with Gasteiger partial charge in [0.05, 0.1) is 0 Å². The molecule has 0 spiro atoms. The first-order valence-corrected chi connectivity index (χ1v) is 6.28. The van der Waals surface area contributed by atoms with E-state index in [-0.39, 0.29) is 11.6 Å². The lowest BCUT2D eigenvalue weighted by Crippen LogP contribution is -2.32. The third-order valence-corrected chi connectivity index (χ3v) is 2.86. The first-order chi connectivity index (χ1) is 8.63. The highest BCUT2D eigenvalue weighted by molar-refractivity contribution is 7.80. The molecule has 98 valence electrons. The summed E-state index contributed by atoms with van der Waals surface area (Å²) in [6.07, 6.45) is 2.13. The Hall–Kier alpha value is -1.49. The fourth-order valence-corrected chi connectivity index (χ4v) is 1.58. The first-order valence-electron chi connectivity index (χ1n) is 5.88. The molecule has 3 nitrogen and oxygen atoms in total. The summed E-state index contributed by atoms with van der Waals surface area (Å²) in [7, 11) is 1.76. The van der Waals surface area contributed by atoms with Crippen molar-refractivity contribution in [3.05, 3.63) is 35.6 Å². The van der Waals surface area contributed by atoms with Crippen LogP contribution in [0.3, 0.4) is 0 Å². The largest absolute Gasteiger partial charge is 0.366 e. The lowest BCUT2D eigenvalue weighted by atomic mass is 10.1. The maximum atomic E-state index is 12.7. The summed E-state index contributed by atoms with van der Waals surface area (Å²) in [6.45, 7) is 0.746. The predicted octanol–water partition coefficient (Wildman–Crippen LogP) is 2.27. The van der Waals surface area contributed by atoms with Crippen molar-refractivity contribution in [3.63, 3.8) is 0 Å². The van der Waals surface area contributed by atoms with Crippen molar-refractivity contribution in [3.8, 4) is 0 Å². The maximum Gasteiger partial charge on any atom is 0.166 e. The number of hydrogen-bond acceptors (Lipinski definition) is 2. The van der Waals surface area contributed by atoms with Crippen LogP contribution in [0.4, 0.5) is 4.39 Å². The second kappa shape index (κ2) is 7.76. The Kier molecular flexibility index (Phi) is 6.28. The van der Waals surface area contributed by atoms with Crippen molar-refractivity contribution < 1.29 is 9.18 Å². The van der Waals surface area contributed by atoms with E-state index in [0.717, 1.165) is 19.4 Å². The third kappa shape index (κ3) is 5.23. The zero-order valence-electron chi connectivity index (χ0n) is 10.3. The van der Waals surface area contributed by atoms with Gasteiger partial charge in [0.25, 0.3) is 0 Å². The Morgan fingerprint density at radius 2 is 1.94 bits per heavy atom. The highest BCUT2D eigenvalue weighted by atomic mass is 32.1. The fourth-order valence-electron chi connectivity index (χ4n) is 1.48. The molecule has 0 aliphatic rings. The molecule has 1 aromatic rings. The number of nitrogens with one attached hydrogen (secondary N) is 2. The number of thiocarbonyl (C=S) groups is 1. The SMILES string of the molecule is CNC(=S)NCCCCC(=O)c1ccc(F)cc1. The van der Waals surface area contributed by atoms with Crippen LogP contribution < -0.4 is 10.6 Å². The molecule has 0 aliphatic carbocycles. The van der Waals surface area contributed by atoms with E-state index in [1.54, 1.807) is 7.05 Å². The van der Waals surface area contributed by atoms with Crippen molar-refractivity contribution in [1.82, 2.24) is 10.6 Å². The molecular formula is C13H17FN2OS. The normalized spacial score (nSPS) is 9.89. The average Bonchev–Trinajstić information content (AvgIpc) is 2.38. The summed E-state index contributed by atoms with van der Waals surface area (Å²) >= 11 is 4.92. The second-order valence-electron chi connectivity index (χ2n) is 3.89. The average molecular weight is 268 g/mol. The van der Waals surface area contributed by atoms with Crippen molar-refractivity contribution in [2.45, 2.75) is 19.3 Å². The van der Waals surface area contributed by atoms with Gasteiger partial charge in [-0.2, -0.15) is 0 Å². The summed E-state index contributed by atoms with van der Waals surface area (Å²) in [6, 6.07) is 5.65. The van der Waals surface area contributed by atoms with Gasteiger partial charge in [0, 0.05) is 25.6 Å². The number of halogens is 1. The molecule has 0 saturated carbocycles. The molecule has 0 bridgehead atoms. The van der Waals surface area contributed by atoms with E-state index in [2.05, 4.69) is 10.6 Å². The molecule has 5 heteroatoms. The fraction of sp³-hybridized carbons (Fsp3) is 0.385. The molecule has 1 aromatic carbocycles. The van der Waals surface area contributed by atoms with Gasteiger partial charge in [0.15, 0.2) is 10.9 Å². The molecule has 0 fully saturated rings. The van der Waals surface area contributed by atoms with Crippen LogP contribution in [0.15, 0.2) is 24.3 Å². The summed E-state index contributed by atoms with van der Waals surface area (Å²) in [5, 5.41) is 6.44. The van der Waals surface area contributed by atoms with Crippen LogP contribution in [0, 0.1) is 5.82 Å². The Morgan fingerprint density at radius 3 is 2.56 bits per heavy atom. The van der Waals surface area contributed by atoms with Crippen LogP contribution in [0.1, 0.15) is 29.6 Å². The van der Waals surface area contributed by atoms with Gasteiger partial charge in [0.2, 0.25) is 0 Å². The molecule has 0 heterocycles. The van der Waals surface area contributed by atoms with Gasteiger partial charge in [-0.1, -0.05) is 0 Å². The number of hydrogen-bond donors (Lipinski definition) is 2. The first kappa shape index (κ1) is 14.6. The van der Waals surface area contributed by atoms with Gasteiger partial charge >= 0.3 is 0 Å². The number of ketones is 1. The monoisotopic (exact) mass is 268 g/mol. The van der Waals surface area contributed by atoms with Crippen molar-refractivity contribution in [1.29, 1.82) is 0 Å². The molecule has 2 N–H and O–H groups in total. The van der Waals surface area contributed by atoms with Gasteiger partial charge in [-0.25, -0.2) is 4.39 Å². The lowest BCUT2D eigenvalue weighted by Gasteiger charge is -2.06. The summed E-state index contributed by atoms with van der Waals surface area (Å²) in [5.41, 5.74) is 0.565. The van der Waals surface area contributed by atoms with Crippen molar-refractivity contribution in [2.24, 2.45) is 0 Å². The zero-order chi connectivity index (χ0) is 13.4. The number of carbonyl (C=O) groups is 1. The Morgan fingerprint density at radius 1 is 1.28 bits per heavy atom. The molecule has 1 rings (SSSR count). The Labute approximate surface area is 112 Å². The molecule has 18 heavy (non-hydrogen) atoms. The van der Waals surface area contributed by atoms with Gasteiger partial charge < -0.3 is 10.6 Å². The summed E-state index contributed by atoms with van der Waals surface area (Å²) < 4.78 is 12.7. The molecular weight excluding hydrogens is 251 g/mol. The number of benzene rings is 1. The predicted molar refractivity (Wildman–Crippen MR) is 74.2 cm³/mol. The third-order valence-electron chi connectivity index (χ3n) is 2.51. The van der Waals surface area contributed by atoms with E-state index in [1.165, 1.54) is 24.3 Å². The van der Waals surface area contributed by atoms with Crippen LogP contribution in [0.2, 0.25) is 0 Å². The van der Waals surface area contributed by atoms with Crippen LogP contribution in [-0.4, -0.2) is 24.5 Å². The minimum Gasteiger partial charge on any atom is -0.366 e. The van der Waals surface area contributed by atoms with Crippen molar-refractivity contribution >= 4 is 23.1 Å². The second-order valence-corrected chi connectivity index (χ2v) is 4.30. The molecule has 0 saturated heterocycles. The van der Waals surface area contributed by atoms with E-state index in [1.807, 2.05) is 0 Å². The molecule has 0 unspecified atom stereocenters. The van der Waals surface area contributed by atoms with Crippen molar-refractivity contribution in [2.75, 3.05) is 13.6 Å². The lowest BCUT2D eigenvalue weighted by molar-refractivity contribution is 0.0979. The molecule has 0 aromatic heterocycles. The Balaban J connectivity index is 2.21. The summed E-state index contributed by atoms with van der Waals surface area (Å²) in [5.74, 6) is -0.275. The van der Waals surface area contributed by atoms with Crippen LogP contribution in [0.25, 0.3) is 0 Å². The topological polar surface area (TPSA) is 41.1 Å². The van der Waals surface area contributed by atoms with E-state index in [9.17, 15) is 9.18 Å². The van der Waals surface area contributed by atoms with E-state index < -0.39 is 0 Å². The smallest absolute Gasteiger partial charge is 0.166 e. The van der Waals surface area contributed by atoms with Crippen LogP contribution in [0.5, 0.6) is 0 Å². The quantitative estimate of drug-likeness (QED) is 0.472. The number of carbonyl (C=O) groups excluding carboxylic acids is 1. The zero-order valence-corrected chi connectivity index (χ0v) is 11.1. The van der Waals surface area contributed by atoms with E-state index >= 15 is 0 Å². The molecule has 0 radical (unpaired) electrons. The van der Waals surface area contributed by atoms with Crippen LogP contribution in [-0.2, 0) is 0 Å². The number of rotatable bonds is 6. The highest BCUT2D eigenvalue weighted by Crippen LogP contribution is 2.08. The summed E-state index contributed by atoms with van der Waals surface area (Å²) in [4.78, 5) is 11.7. The minimum atomic E-state index is -0.323. The highest BCUT2D eigenvalue weighted by Gasteiger charge is 2.05. The van der Waals surface area contributed by atoms with Gasteiger partial charge in [-0.3, -0.25) is 4.79 Å².